The van der Waals surface area contributed by atoms with Crippen molar-refractivity contribution >= 4 is 11.6 Å². The maximum absolute atomic E-state index is 11.4. The van der Waals surface area contributed by atoms with Gasteiger partial charge in [-0.2, -0.15) is 10.5 Å². The summed E-state index contributed by atoms with van der Waals surface area (Å²) in [4.78, 5) is 26.4. The number of nitrogens with one attached hydrogen (secondary N) is 1. The van der Waals surface area contributed by atoms with Gasteiger partial charge >= 0.3 is 0 Å². The lowest BCUT2D eigenvalue weighted by Gasteiger charge is -2.02. The largest absolute Gasteiger partial charge is 0.441 e. The lowest BCUT2D eigenvalue weighted by Crippen LogP contribution is -2.11. The van der Waals surface area contributed by atoms with Crippen molar-refractivity contribution in [2.45, 2.75) is 40.5 Å². The van der Waals surface area contributed by atoms with E-state index in [1.165, 1.54) is 6.07 Å². The van der Waals surface area contributed by atoms with Gasteiger partial charge in [-0.15, -0.1) is 0 Å². The van der Waals surface area contributed by atoms with E-state index >= 15 is 0 Å². The Balaban J connectivity index is 0.000000191. The first-order valence-corrected chi connectivity index (χ1v) is 10.8. The van der Waals surface area contributed by atoms with E-state index in [1.54, 1.807) is 32.3 Å². The van der Waals surface area contributed by atoms with Gasteiger partial charge in [-0.25, -0.2) is 15.0 Å². The fraction of sp³-hybridized carbons (Fsp3) is 0.250. The molecular weight excluding hydrogens is 456 g/mol. The van der Waals surface area contributed by atoms with Crippen LogP contribution in [0.3, 0.4) is 0 Å². The molecule has 4 heterocycles. The molecule has 34 heavy (non-hydrogen) atoms. The first-order valence-electron chi connectivity index (χ1n) is 10.4. The van der Waals surface area contributed by atoms with Crippen LogP contribution >= 0.6 is 11.6 Å². The molecule has 0 radical (unpaired) electrons. The van der Waals surface area contributed by atoms with Crippen LogP contribution in [0.15, 0.2) is 38.2 Å². The summed E-state index contributed by atoms with van der Waals surface area (Å²) in [7, 11) is 0. The molecule has 0 unspecified atom stereocenters. The number of hydrogen-bond acceptors (Lipinski definition) is 8. The Hall–Kier alpha value is -4.21. The smallest absolute Gasteiger partial charge is 0.266 e. The van der Waals surface area contributed by atoms with Gasteiger partial charge in [-0.05, 0) is 26.0 Å². The Kier molecular flexibility index (Phi) is 7.62. The van der Waals surface area contributed by atoms with Crippen molar-refractivity contribution in [3.63, 3.8) is 0 Å². The molecule has 0 bridgehead atoms. The van der Waals surface area contributed by atoms with Crippen LogP contribution in [0.25, 0.3) is 22.9 Å². The maximum atomic E-state index is 11.4. The molecule has 0 aliphatic rings. The molecule has 9 nitrogen and oxygen atoms in total. The van der Waals surface area contributed by atoms with Crippen LogP contribution in [0.1, 0.15) is 47.9 Å². The van der Waals surface area contributed by atoms with Gasteiger partial charge in [0.15, 0.2) is 0 Å². The fourth-order valence-electron chi connectivity index (χ4n) is 2.99. The van der Waals surface area contributed by atoms with Gasteiger partial charge in [0.05, 0.1) is 34.8 Å². The average Bonchev–Trinajstić information content (AvgIpc) is 3.49. The molecule has 0 atom stereocenters. The van der Waals surface area contributed by atoms with Crippen molar-refractivity contribution in [2.75, 3.05) is 0 Å². The summed E-state index contributed by atoms with van der Waals surface area (Å²) in [6.07, 6.45) is 4.85. The third kappa shape index (κ3) is 5.22. The zero-order valence-electron chi connectivity index (χ0n) is 19.1. The second kappa shape index (κ2) is 10.6. The summed E-state index contributed by atoms with van der Waals surface area (Å²) in [5.41, 5.74) is 2.66. The van der Waals surface area contributed by atoms with Crippen molar-refractivity contribution in [3.8, 4) is 35.0 Å². The molecule has 4 aromatic heterocycles. The van der Waals surface area contributed by atoms with Gasteiger partial charge in [0.2, 0.25) is 11.8 Å². The van der Waals surface area contributed by atoms with Crippen molar-refractivity contribution in [3.05, 3.63) is 74.1 Å². The van der Waals surface area contributed by atoms with Crippen molar-refractivity contribution in [1.29, 1.82) is 10.5 Å². The van der Waals surface area contributed by atoms with Crippen LogP contribution in [0.4, 0.5) is 0 Å². The lowest BCUT2D eigenvalue weighted by atomic mass is 10.1. The number of oxazole rings is 2. The molecule has 4 rings (SSSR count). The van der Waals surface area contributed by atoms with Crippen LogP contribution in [0.2, 0.25) is 5.15 Å². The number of rotatable bonds is 4. The molecule has 1 N–H and O–H groups in total. The van der Waals surface area contributed by atoms with Crippen LogP contribution in [-0.4, -0.2) is 19.9 Å². The summed E-state index contributed by atoms with van der Waals surface area (Å²) in [5, 5.41) is 17.9. The van der Waals surface area contributed by atoms with Crippen LogP contribution in [-0.2, 0) is 12.8 Å². The van der Waals surface area contributed by atoms with Gasteiger partial charge in [-0.1, -0.05) is 25.4 Å². The van der Waals surface area contributed by atoms with Gasteiger partial charge in [0.1, 0.15) is 34.4 Å². The number of pyridine rings is 2. The summed E-state index contributed by atoms with van der Waals surface area (Å²) < 4.78 is 11.0. The third-order valence-electron chi connectivity index (χ3n) is 4.91. The second-order valence-electron chi connectivity index (χ2n) is 7.20. The molecule has 0 amide bonds. The predicted octanol–water partition coefficient (Wildman–Crippen LogP) is 4.90. The molecule has 0 saturated heterocycles. The van der Waals surface area contributed by atoms with E-state index in [-0.39, 0.29) is 10.7 Å². The van der Waals surface area contributed by atoms with E-state index in [4.69, 9.17) is 31.0 Å². The normalized spacial score (nSPS) is 10.2. The molecule has 0 spiro atoms. The summed E-state index contributed by atoms with van der Waals surface area (Å²) in [5.74, 6) is 2.46. The number of hydrogen-bond donors (Lipinski definition) is 1. The van der Waals surface area contributed by atoms with Gasteiger partial charge in [0.25, 0.3) is 5.56 Å². The Labute approximate surface area is 200 Å². The van der Waals surface area contributed by atoms with E-state index < -0.39 is 5.56 Å². The Bertz CT molecular complexity index is 1470. The number of H-pyrrole nitrogens is 1. The summed E-state index contributed by atoms with van der Waals surface area (Å²) in [6.45, 7) is 7.49. The number of aromatic amines is 1. The highest BCUT2D eigenvalue weighted by molar-refractivity contribution is 6.30. The molecule has 4 aromatic rings. The molecule has 0 aliphatic carbocycles. The topological polar surface area (TPSA) is 145 Å². The minimum Gasteiger partial charge on any atom is -0.441 e. The van der Waals surface area contributed by atoms with Gasteiger partial charge in [0, 0.05) is 18.5 Å². The van der Waals surface area contributed by atoms with Crippen molar-refractivity contribution < 1.29 is 8.83 Å². The molecule has 0 saturated carbocycles. The molecule has 0 aromatic carbocycles. The molecule has 10 heteroatoms. The van der Waals surface area contributed by atoms with Crippen molar-refractivity contribution in [1.82, 2.24) is 19.9 Å². The van der Waals surface area contributed by atoms with E-state index in [9.17, 15) is 4.79 Å². The molecule has 0 fully saturated rings. The van der Waals surface area contributed by atoms with Crippen LogP contribution < -0.4 is 5.56 Å². The highest BCUT2D eigenvalue weighted by Gasteiger charge is 2.14. The second-order valence-corrected chi connectivity index (χ2v) is 7.56. The van der Waals surface area contributed by atoms with Gasteiger partial charge in [-0.3, -0.25) is 4.79 Å². The van der Waals surface area contributed by atoms with E-state index in [2.05, 4.69) is 19.9 Å². The monoisotopic (exact) mass is 476 g/mol. The van der Waals surface area contributed by atoms with Gasteiger partial charge < -0.3 is 13.8 Å². The SMILES string of the molecule is CCc1cnc(-c2cc(C#N)c(=O)[nH]c2C)o1.CCc1cnc(-c2cc(C#N)c(Cl)nc2C)o1. The quantitative estimate of drug-likeness (QED) is 0.409. The average molecular weight is 477 g/mol. The first kappa shape index (κ1) is 24.4. The zero-order chi connectivity index (χ0) is 24.8. The highest BCUT2D eigenvalue weighted by atomic mass is 35.5. The standard InChI is InChI=1S/C12H10ClN3O.C12H11N3O2/c1-3-9-6-15-12(17-9)10-4-8(5-14)11(13)16-7(10)2;1-3-9-6-14-12(17-9)10-4-8(5-13)11(16)15-7(10)2/h4,6H,3H2,1-2H3;4,6H,3H2,1-2H3,(H,15,16). The number of aromatic nitrogens is 4. The molecular formula is C24H21ClN6O3. The predicted molar refractivity (Wildman–Crippen MR) is 125 cm³/mol. The fourth-order valence-corrected chi connectivity index (χ4v) is 3.21. The maximum Gasteiger partial charge on any atom is 0.266 e. The minimum absolute atomic E-state index is 0.0573. The Morgan fingerprint density at radius 1 is 0.941 bits per heavy atom. The van der Waals surface area contributed by atoms with Crippen molar-refractivity contribution in [2.24, 2.45) is 0 Å². The van der Waals surface area contributed by atoms with Crippen LogP contribution in [0, 0.1) is 36.5 Å². The van der Waals surface area contributed by atoms with E-state index in [0.717, 1.165) is 24.4 Å². The number of halogens is 1. The molecule has 0 aliphatic heterocycles. The zero-order valence-corrected chi connectivity index (χ0v) is 19.8. The Morgan fingerprint density at radius 2 is 1.47 bits per heavy atom. The number of nitriles is 2. The third-order valence-corrected chi connectivity index (χ3v) is 5.20. The lowest BCUT2D eigenvalue weighted by molar-refractivity contribution is 0.523. The minimum atomic E-state index is -0.393. The number of aryl methyl sites for hydroxylation is 4. The van der Waals surface area contributed by atoms with Crippen LogP contribution in [0.5, 0.6) is 0 Å². The highest BCUT2D eigenvalue weighted by Crippen LogP contribution is 2.26. The Morgan fingerprint density at radius 3 is 1.97 bits per heavy atom. The molecule has 172 valence electrons. The first-order chi connectivity index (χ1) is 16.3. The van der Waals surface area contributed by atoms with E-state index in [1.807, 2.05) is 26.0 Å². The number of nitrogens with zero attached hydrogens (tertiary/aromatic N) is 5. The van der Waals surface area contributed by atoms with E-state index in [0.29, 0.717) is 39.9 Å². The summed E-state index contributed by atoms with van der Waals surface area (Å²) in [6, 6.07) is 6.98. The summed E-state index contributed by atoms with van der Waals surface area (Å²) >= 11 is 5.84.